The number of para-hydroxylation sites is 1. The fourth-order valence-electron chi connectivity index (χ4n) is 4.32. The molecule has 0 bridgehead atoms. The van der Waals surface area contributed by atoms with Crippen molar-refractivity contribution < 1.29 is 9.59 Å². The van der Waals surface area contributed by atoms with Crippen molar-refractivity contribution in [3.8, 4) is 11.1 Å². The van der Waals surface area contributed by atoms with Crippen molar-refractivity contribution in [1.82, 2.24) is 10.6 Å². The van der Waals surface area contributed by atoms with Crippen LogP contribution in [-0.2, 0) is 22.6 Å². The van der Waals surface area contributed by atoms with Crippen molar-refractivity contribution in [1.29, 1.82) is 0 Å². The standard InChI is InChI=1S/C28H31N3O2/c1-19-13-14-21(17-24(19)22-9-5-4-6-10-22)18-31-26-12-8-7-11-23(26)15-16-25(28(31)33)30-27(32)20(2)29-3/h4-14,17,20,25,29H,15-16,18H2,1-3H3,(H,30,32)/t20?,25-/m0/s1. The lowest BCUT2D eigenvalue weighted by molar-refractivity contribution is -0.128. The molecule has 0 saturated carbocycles. The largest absolute Gasteiger partial charge is 0.343 e. The van der Waals surface area contributed by atoms with Crippen LogP contribution in [-0.4, -0.2) is 30.9 Å². The van der Waals surface area contributed by atoms with Crippen LogP contribution < -0.4 is 15.5 Å². The monoisotopic (exact) mass is 441 g/mol. The first-order valence-corrected chi connectivity index (χ1v) is 11.5. The number of nitrogens with zero attached hydrogens (tertiary/aromatic N) is 1. The second kappa shape index (κ2) is 10.0. The second-order valence-corrected chi connectivity index (χ2v) is 8.68. The van der Waals surface area contributed by atoms with Gasteiger partial charge in [-0.3, -0.25) is 9.59 Å². The molecule has 5 heteroatoms. The maximum atomic E-state index is 13.7. The number of hydrogen-bond acceptors (Lipinski definition) is 3. The quantitative estimate of drug-likeness (QED) is 0.602. The number of carbonyl (C=O) groups is 2. The summed E-state index contributed by atoms with van der Waals surface area (Å²) in [6.45, 7) is 4.34. The smallest absolute Gasteiger partial charge is 0.249 e. The molecule has 3 aromatic rings. The van der Waals surface area contributed by atoms with Crippen molar-refractivity contribution in [3.05, 3.63) is 89.5 Å². The highest BCUT2D eigenvalue weighted by Crippen LogP contribution is 2.30. The van der Waals surface area contributed by atoms with Crippen LogP contribution in [0.2, 0.25) is 0 Å². The molecule has 33 heavy (non-hydrogen) atoms. The summed E-state index contributed by atoms with van der Waals surface area (Å²) in [6.07, 6.45) is 1.32. The molecule has 0 aromatic heterocycles. The Bertz CT molecular complexity index is 1140. The molecule has 4 rings (SSSR count). The van der Waals surface area contributed by atoms with E-state index in [1.54, 1.807) is 14.0 Å². The van der Waals surface area contributed by atoms with Crippen molar-refractivity contribution in [2.24, 2.45) is 0 Å². The molecule has 2 N–H and O–H groups in total. The number of likely N-dealkylation sites (N-methyl/N-ethyl adjacent to an activating group) is 1. The fraction of sp³-hybridized carbons (Fsp3) is 0.286. The Morgan fingerprint density at radius 1 is 1.06 bits per heavy atom. The Labute approximate surface area is 195 Å². The Hall–Kier alpha value is -3.44. The van der Waals surface area contributed by atoms with Crippen LogP contribution in [0.4, 0.5) is 5.69 Å². The number of amides is 2. The van der Waals surface area contributed by atoms with E-state index in [-0.39, 0.29) is 17.9 Å². The first kappa shape index (κ1) is 22.7. The van der Waals surface area contributed by atoms with Gasteiger partial charge in [-0.15, -0.1) is 0 Å². The number of carbonyl (C=O) groups excluding carboxylic acids is 2. The molecule has 170 valence electrons. The summed E-state index contributed by atoms with van der Waals surface area (Å²) in [5, 5.41) is 5.91. The molecule has 5 nitrogen and oxygen atoms in total. The molecule has 0 saturated heterocycles. The maximum Gasteiger partial charge on any atom is 0.249 e. The molecule has 0 spiro atoms. The zero-order valence-corrected chi connectivity index (χ0v) is 19.5. The molecule has 3 aromatic carbocycles. The summed E-state index contributed by atoms with van der Waals surface area (Å²) >= 11 is 0. The normalized spacial score (nSPS) is 16.6. The molecular weight excluding hydrogens is 410 g/mol. The van der Waals surface area contributed by atoms with E-state index in [0.717, 1.165) is 34.4 Å². The molecule has 2 atom stereocenters. The molecule has 1 aliphatic rings. The van der Waals surface area contributed by atoms with Crippen molar-refractivity contribution >= 4 is 17.5 Å². The summed E-state index contributed by atoms with van der Waals surface area (Å²) in [7, 11) is 1.74. The lowest BCUT2D eigenvalue weighted by atomic mass is 9.98. The Balaban J connectivity index is 1.67. The zero-order valence-electron chi connectivity index (χ0n) is 19.5. The minimum absolute atomic E-state index is 0.0709. The SMILES string of the molecule is CNC(C)C(=O)N[C@H]1CCc2ccccc2N(Cc2ccc(C)c(-c3ccccc3)c2)C1=O. The van der Waals surface area contributed by atoms with Gasteiger partial charge in [0.2, 0.25) is 11.8 Å². The highest BCUT2D eigenvalue weighted by molar-refractivity contribution is 6.00. The second-order valence-electron chi connectivity index (χ2n) is 8.68. The van der Waals surface area contributed by atoms with Gasteiger partial charge in [0, 0.05) is 5.69 Å². The van der Waals surface area contributed by atoms with Gasteiger partial charge in [0.15, 0.2) is 0 Å². The minimum Gasteiger partial charge on any atom is -0.343 e. The summed E-state index contributed by atoms with van der Waals surface area (Å²) < 4.78 is 0. The first-order valence-electron chi connectivity index (χ1n) is 11.5. The van der Waals surface area contributed by atoms with Crippen LogP contribution in [0.1, 0.15) is 30.0 Å². The van der Waals surface area contributed by atoms with E-state index in [1.165, 1.54) is 5.56 Å². The molecule has 0 aliphatic carbocycles. The third-order valence-corrected chi connectivity index (χ3v) is 6.42. The van der Waals surface area contributed by atoms with Gasteiger partial charge in [-0.05, 0) is 73.7 Å². The molecule has 1 unspecified atom stereocenters. The summed E-state index contributed by atoms with van der Waals surface area (Å²) in [5.41, 5.74) is 6.61. The van der Waals surface area contributed by atoms with Gasteiger partial charge in [-0.25, -0.2) is 0 Å². The topological polar surface area (TPSA) is 61.4 Å². The Morgan fingerprint density at radius 2 is 1.79 bits per heavy atom. The van der Waals surface area contributed by atoms with Gasteiger partial charge in [0.25, 0.3) is 0 Å². The van der Waals surface area contributed by atoms with Gasteiger partial charge in [-0.1, -0.05) is 60.7 Å². The number of hydrogen-bond donors (Lipinski definition) is 2. The average molecular weight is 442 g/mol. The number of fused-ring (bicyclic) bond motifs is 1. The van der Waals surface area contributed by atoms with Crippen LogP contribution >= 0.6 is 0 Å². The lowest BCUT2D eigenvalue weighted by Gasteiger charge is -2.27. The number of aryl methyl sites for hydroxylation is 2. The third kappa shape index (κ3) is 4.99. The third-order valence-electron chi connectivity index (χ3n) is 6.42. The predicted molar refractivity (Wildman–Crippen MR) is 133 cm³/mol. The molecule has 0 radical (unpaired) electrons. The van der Waals surface area contributed by atoms with Crippen LogP contribution in [0.3, 0.4) is 0 Å². The van der Waals surface area contributed by atoms with Crippen molar-refractivity contribution in [3.63, 3.8) is 0 Å². The van der Waals surface area contributed by atoms with Crippen LogP contribution in [0.5, 0.6) is 0 Å². The molecule has 0 fully saturated rings. The average Bonchev–Trinajstić information content (AvgIpc) is 2.97. The maximum absolute atomic E-state index is 13.7. The van der Waals surface area contributed by atoms with Gasteiger partial charge < -0.3 is 15.5 Å². The van der Waals surface area contributed by atoms with E-state index in [0.29, 0.717) is 13.0 Å². The van der Waals surface area contributed by atoms with Crippen LogP contribution in [0.25, 0.3) is 11.1 Å². The van der Waals surface area contributed by atoms with Crippen LogP contribution in [0, 0.1) is 6.92 Å². The van der Waals surface area contributed by atoms with E-state index in [4.69, 9.17) is 0 Å². The number of benzene rings is 3. The van der Waals surface area contributed by atoms with Gasteiger partial charge in [0.1, 0.15) is 6.04 Å². The summed E-state index contributed by atoms with van der Waals surface area (Å²) in [5.74, 6) is -0.234. The van der Waals surface area contributed by atoms with E-state index in [2.05, 4.69) is 54.0 Å². The molecular formula is C28H31N3O2. The highest BCUT2D eigenvalue weighted by Gasteiger charge is 2.32. The van der Waals surface area contributed by atoms with Crippen molar-refractivity contribution in [2.75, 3.05) is 11.9 Å². The van der Waals surface area contributed by atoms with E-state index in [9.17, 15) is 9.59 Å². The van der Waals surface area contributed by atoms with Gasteiger partial charge >= 0.3 is 0 Å². The van der Waals surface area contributed by atoms with Crippen molar-refractivity contribution in [2.45, 2.75) is 45.3 Å². The van der Waals surface area contributed by atoms with Gasteiger partial charge in [-0.2, -0.15) is 0 Å². The van der Waals surface area contributed by atoms with Gasteiger partial charge in [0.05, 0.1) is 12.6 Å². The summed E-state index contributed by atoms with van der Waals surface area (Å²) in [6, 6.07) is 23.8. The van der Waals surface area contributed by atoms with Crippen LogP contribution in [0.15, 0.2) is 72.8 Å². The summed E-state index contributed by atoms with van der Waals surface area (Å²) in [4.78, 5) is 28.0. The van der Waals surface area contributed by atoms with E-state index < -0.39 is 6.04 Å². The number of nitrogens with one attached hydrogen (secondary N) is 2. The molecule has 2 amide bonds. The fourth-order valence-corrected chi connectivity index (χ4v) is 4.32. The lowest BCUT2D eigenvalue weighted by Crippen LogP contribution is -2.52. The minimum atomic E-state index is -0.556. The number of anilines is 1. The Morgan fingerprint density at radius 3 is 2.55 bits per heavy atom. The Kier molecular flexibility index (Phi) is 6.90. The van der Waals surface area contributed by atoms with E-state index in [1.807, 2.05) is 41.3 Å². The number of rotatable bonds is 6. The first-order chi connectivity index (χ1) is 16.0. The highest BCUT2D eigenvalue weighted by atomic mass is 16.2. The molecule has 1 heterocycles. The zero-order chi connectivity index (χ0) is 23.4. The predicted octanol–water partition coefficient (Wildman–Crippen LogP) is 4.23. The van der Waals surface area contributed by atoms with E-state index >= 15 is 0 Å². The molecule has 1 aliphatic heterocycles.